The lowest BCUT2D eigenvalue weighted by Gasteiger charge is -2.32. The highest BCUT2D eigenvalue weighted by molar-refractivity contribution is 6.33. The van der Waals surface area contributed by atoms with Crippen molar-refractivity contribution >= 4 is 46.1 Å². The number of piperidine rings is 1. The maximum Gasteiger partial charge on any atom is 0.294 e. The molecule has 0 amide bonds. The summed E-state index contributed by atoms with van der Waals surface area (Å²) < 4.78 is 0. The highest BCUT2D eigenvalue weighted by Gasteiger charge is 2.25. The first-order chi connectivity index (χ1) is 14.3. The van der Waals surface area contributed by atoms with Crippen molar-refractivity contribution < 1.29 is 4.92 Å². The third kappa shape index (κ3) is 3.87. The van der Waals surface area contributed by atoms with E-state index in [-0.39, 0.29) is 10.6 Å². The monoisotopic (exact) mass is 424 g/mol. The predicted octanol–water partition coefficient (Wildman–Crippen LogP) is 6.20. The van der Waals surface area contributed by atoms with Crippen LogP contribution >= 0.6 is 11.6 Å². The fraction of sp³-hybridized carbons (Fsp3) is 0.304. The number of anilines is 4. The van der Waals surface area contributed by atoms with Crippen LogP contribution in [0.15, 0.2) is 48.7 Å². The molecule has 2 heterocycles. The molecule has 0 aliphatic carbocycles. The molecule has 7 heteroatoms. The van der Waals surface area contributed by atoms with Crippen molar-refractivity contribution in [2.24, 2.45) is 5.92 Å². The third-order valence-electron chi connectivity index (χ3n) is 5.94. The summed E-state index contributed by atoms with van der Waals surface area (Å²) in [5.74, 6) is 0.642. The molecule has 2 aromatic carbocycles. The Morgan fingerprint density at radius 1 is 1.17 bits per heavy atom. The maximum atomic E-state index is 11.6. The van der Waals surface area contributed by atoms with Crippen LogP contribution in [0.25, 0.3) is 6.08 Å². The van der Waals surface area contributed by atoms with Crippen LogP contribution in [0.4, 0.5) is 28.4 Å². The van der Waals surface area contributed by atoms with Gasteiger partial charge in [0.15, 0.2) is 0 Å². The van der Waals surface area contributed by atoms with E-state index in [1.165, 1.54) is 6.07 Å². The number of fused-ring (bicyclic) bond motifs is 1. The normalized spacial score (nSPS) is 16.6. The number of nitrogens with zero attached hydrogens (tertiary/aromatic N) is 3. The van der Waals surface area contributed by atoms with Crippen LogP contribution in [0.5, 0.6) is 0 Å². The standard InChI is InChI=1S/C23H25ClN4O2/c1-15-8-10-27(11-9-15)22-14-20(19(24)13-23(22)28(29)30)25-18-6-7-21-17(12-18)5-4-16(2)26(21)3/h4-7,12-15,25H,2,8-11H2,1,3H3. The molecule has 2 aliphatic heterocycles. The summed E-state index contributed by atoms with van der Waals surface area (Å²) in [6, 6.07) is 9.29. The molecule has 0 spiro atoms. The van der Waals surface area contributed by atoms with Gasteiger partial charge in [0.05, 0.1) is 15.6 Å². The second-order valence-electron chi connectivity index (χ2n) is 8.03. The second kappa shape index (κ2) is 8.03. The Morgan fingerprint density at radius 2 is 1.90 bits per heavy atom. The van der Waals surface area contributed by atoms with Crippen LogP contribution in [0.1, 0.15) is 25.3 Å². The van der Waals surface area contributed by atoms with E-state index in [4.69, 9.17) is 11.6 Å². The molecule has 30 heavy (non-hydrogen) atoms. The predicted molar refractivity (Wildman–Crippen MR) is 125 cm³/mol. The molecule has 0 bridgehead atoms. The molecule has 1 saturated heterocycles. The SMILES string of the molecule is C=C1C=Cc2cc(Nc3cc(N4CCC(C)CC4)c([N+](=O)[O-])cc3Cl)ccc2N1C. The first kappa shape index (κ1) is 20.3. The minimum Gasteiger partial charge on any atom is -0.366 e. The Balaban J connectivity index is 1.67. The molecular weight excluding hydrogens is 400 g/mol. The number of rotatable bonds is 4. The summed E-state index contributed by atoms with van der Waals surface area (Å²) in [5.41, 5.74) is 5.27. The number of halogens is 1. The highest BCUT2D eigenvalue weighted by Crippen LogP contribution is 2.40. The summed E-state index contributed by atoms with van der Waals surface area (Å²) >= 11 is 6.42. The number of benzene rings is 2. The molecular formula is C23H25ClN4O2. The van der Waals surface area contributed by atoms with E-state index in [2.05, 4.69) is 23.7 Å². The molecule has 156 valence electrons. The molecule has 0 aromatic heterocycles. The summed E-state index contributed by atoms with van der Waals surface area (Å²) in [5, 5.41) is 15.3. The zero-order valence-electron chi connectivity index (χ0n) is 17.2. The fourth-order valence-electron chi connectivity index (χ4n) is 3.98. The lowest BCUT2D eigenvalue weighted by atomic mass is 9.98. The van der Waals surface area contributed by atoms with Crippen molar-refractivity contribution in [3.8, 4) is 0 Å². The molecule has 0 radical (unpaired) electrons. The van der Waals surface area contributed by atoms with Crippen LogP contribution in [0.2, 0.25) is 5.02 Å². The van der Waals surface area contributed by atoms with Crippen molar-refractivity contribution in [2.75, 3.05) is 35.3 Å². The minimum absolute atomic E-state index is 0.0496. The van der Waals surface area contributed by atoms with E-state index in [0.717, 1.165) is 48.6 Å². The van der Waals surface area contributed by atoms with Gasteiger partial charge in [-0.3, -0.25) is 10.1 Å². The topological polar surface area (TPSA) is 61.6 Å². The van der Waals surface area contributed by atoms with Gasteiger partial charge in [-0.05, 0) is 49.1 Å². The highest BCUT2D eigenvalue weighted by atomic mass is 35.5. The molecule has 0 unspecified atom stereocenters. The Hall–Kier alpha value is -2.99. The third-order valence-corrected chi connectivity index (χ3v) is 6.25. The number of nitrogens with one attached hydrogen (secondary N) is 1. The van der Waals surface area contributed by atoms with E-state index in [1.54, 1.807) is 6.07 Å². The summed E-state index contributed by atoms with van der Waals surface area (Å²) in [4.78, 5) is 15.4. The lowest BCUT2D eigenvalue weighted by Crippen LogP contribution is -2.33. The molecule has 6 nitrogen and oxygen atoms in total. The van der Waals surface area contributed by atoms with Crippen molar-refractivity contribution in [3.63, 3.8) is 0 Å². The molecule has 0 atom stereocenters. The van der Waals surface area contributed by atoms with Crippen LogP contribution < -0.4 is 15.1 Å². The van der Waals surface area contributed by atoms with Crippen LogP contribution in [0, 0.1) is 16.0 Å². The van der Waals surface area contributed by atoms with Gasteiger partial charge in [-0.2, -0.15) is 0 Å². The smallest absolute Gasteiger partial charge is 0.294 e. The maximum absolute atomic E-state index is 11.6. The second-order valence-corrected chi connectivity index (χ2v) is 8.44. The number of nitro benzene ring substituents is 1. The van der Waals surface area contributed by atoms with Crippen LogP contribution in [-0.2, 0) is 0 Å². The molecule has 0 saturated carbocycles. The Labute approximate surface area is 181 Å². The average Bonchev–Trinajstić information content (AvgIpc) is 2.72. The van der Waals surface area contributed by atoms with Crippen LogP contribution in [0.3, 0.4) is 0 Å². The quantitative estimate of drug-likeness (QED) is 0.467. The molecule has 1 fully saturated rings. The first-order valence-corrected chi connectivity index (χ1v) is 10.5. The van der Waals surface area contributed by atoms with Gasteiger partial charge in [-0.15, -0.1) is 0 Å². The van der Waals surface area contributed by atoms with Gasteiger partial charge in [0.25, 0.3) is 5.69 Å². The number of likely N-dealkylation sites (N-methyl/N-ethyl adjacent to an activating group) is 1. The van der Waals surface area contributed by atoms with Crippen molar-refractivity contribution in [1.82, 2.24) is 0 Å². The Bertz CT molecular complexity index is 1040. The van der Waals surface area contributed by atoms with Crippen LogP contribution in [-0.4, -0.2) is 25.1 Å². The summed E-state index contributed by atoms with van der Waals surface area (Å²) in [7, 11) is 1.98. The van der Waals surface area contributed by atoms with Gasteiger partial charge in [0, 0.05) is 48.8 Å². The number of hydrogen-bond acceptors (Lipinski definition) is 5. The van der Waals surface area contributed by atoms with E-state index in [1.807, 2.05) is 42.3 Å². The van der Waals surface area contributed by atoms with E-state index >= 15 is 0 Å². The van der Waals surface area contributed by atoms with Crippen molar-refractivity contribution in [1.29, 1.82) is 0 Å². The number of hydrogen-bond donors (Lipinski definition) is 1. The van der Waals surface area contributed by atoms with Crippen molar-refractivity contribution in [2.45, 2.75) is 19.8 Å². The molecule has 4 rings (SSSR count). The zero-order valence-corrected chi connectivity index (χ0v) is 17.9. The fourth-order valence-corrected chi connectivity index (χ4v) is 4.18. The van der Waals surface area contributed by atoms with E-state index < -0.39 is 0 Å². The lowest BCUT2D eigenvalue weighted by molar-refractivity contribution is -0.384. The van der Waals surface area contributed by atoms with Crippen molar-refractivity contribution in [3.05, 3.63) is 69.4 Å². The first-order valence-electron chi connectivity index (χ1n) is 10.1. The molecule has 2 aromatic rings. The van der Waals surface area contributed by atoms with Gasteiger partial charge >= 0.3 is 0 Å². The Morgan fingerprint density at radius 3 is 2.60 bits per heavy atom. The number of allylic oxidation sites excluding steroid dienone is 1. The van der Waals surface area contributed by atoms with Gasteiger partial charge < -0.3 is 15.1 Å². The minimum atomic E-state index is -0.352. The number of nitro groups is 1. The van der Waals surface area contributed by atoms with E-state index in [9.17, 15) is 10.1 Å². The average molecular weight is 425 g/mol. The molecule has 2 aliphatic rings. The molecule has 1 N–H and O–H groups in total. The summed E-state index contributed by atoms with van der Waals surface area (Å²) in [6.07, 6.45) is 6.05. The zero-order chi connectivity index (χ0) is 21.4. The Kier molecular flexibility index (Phi) is 5.43. The summed E-state index contributed by atoms with van der Waals surface area (Å²) in [6.45, 7) is 7.86. The van der Waals surface area contributed by atoms with Gasteiger partial charge in [-0.1, -0.05) is 31.2 Å². The van der Waals surface area contributed by atoms with Gasteiger partial charge in [0.1, 0.15) is 5.69 Å². The largest absolute Gasteiger partial charge is 0.366 e. The van der Waals surface area contributed by atoms with E-state index in [0.29, 0.717) is 22.3 Å². The van der Waals surface area contributed by atoms with Gasteiger partial charge in [0.2, 0.25) is 0 Å². The van der Waals surface area contributed by atoms with Gasteiger partial charge in [-0.25, -0.2) is 0 Å².